The summed E-state index contributed by atoms with van der Waals surface area (Å²) in [6, 6.07) is 9.84. The van der Waals surface area contributed by atoms with Crippen LogP contribution in [0, 0.1) is 0 Å². The molecule has 0 unspecified atom stereocenters. The Morgan fingerprint density at radius 1 is 1.00 bits per heavy atom. The number of rotatable bonds is 12. The lowest BCUT2D eigenvalue weighted by Crippen LogP contribution is -2.14. The van der Waals surface area contributed by atoms with Gasteiger partial charge in [0.15, 0.2) is 18.1 Å². The monoisotopic (exact) mass is 516 g/mol. The van der Waals surface area contributed by atoms with Crippen LogP contribution in [0.15, 0.2) is 50.9 Å². The number of esters is 1. The Morgan fingerprint density at radius 2 is 1.72 bits per heavy atom. The van der Waals surface area contributed by atoms with Gasteiger partial charge in [0.05, 0.1) is 27.9 Å². The lowest BCUT2D eigenvalue weighted by Gasteiger charge is -2.11. The number of carbonyl (C=O) groups excluding carboxylic acids is 1. The Labute approximate surface area is 211 Å². The van der Waals surface area contributed by atoms with Crippen molar-refractivity contribution in [1.29, 1.82) is 0 Å². The Bertz CT molecular complexity index is 1230. The van der Waals surface area contributed by atoms with Gasteiger partial charge in [-0.25, -0.2) is 9.59 Å². The molecule has 0 radical (unpaired) electrons. The van der Waals surface area contributed by atoms with Crippen LogP contribution < -0.4 is 18.9 Å². The Kier molecular flexibility index (Phi) is 9.17. The zero-order valence-electron chi connectivity index (χ0n) is 20.0. The van der Waals surface area contributed by atoms with Crippen molar-refractivity contribution in [1.82, 2.24) is 10.2 Å². The first-order valence-corrected chi connectivity index (χ1v) is 11.3. The van der Waals surface area contributed by atoms with Crippen LogP contribution in [0.1, 0.15) is 12.5 Å². The van der Waals surface area contributed by atoms with Crippen LogP contribution in [0.3, 0.4) is 0 Å². The van der Waals surface area contributed by atoms with Gasteiger partial charge in [-0.2, -0.15) is 0 Å². The highest BCUT2D eigenvalue weighted by atomic mass is 32.2. The minimum Gasteiger partial charge on any atom is -0.497 e. The zero-order valence-corrected chi connectivity index (χ0v) is 20.8. The van der Waals surface area contributed by atoms with Gasteiger partial charge in [0.1, 0.15) is 16.4 Å². The minimum absolute atomic E-state index is 0.0294. The molecule has 36 heavy (non-hydrogen) atoms. The molecular weight excluding hydrogens is 492 g/mol. The van der Waals surface area contributed by atoms with Gasteiger partial charge in [-0.05, 0) is 54.6 Å². The smallest absolute Gasteiger partial charge is 0.344 e. The van der Waals surface area contributed by atoms with Crippen LogP contribution in [0.5, 0.6) is 23.0 Å². The van der Waals surface area contributed by atoms with Gasteiger partial charge in [0, 0.05) is 11.6 Å². The van der Waals surface area contributed by atoms with E-state index in [-0.39, 0.29) is 29.2 Å². The number of aromatic nitrogens is 2. The quantitative estimate of drug-likeness (QED) is 0.212. The molecule has 11 nitrogen and oxygen atoms in total. The van der Waals surface area contributed by atoms with Crippen LogP contribution in [0.25, 0.3) is 17.5 Å². The summed E-state index contributed by atoms with van der Waals surface area (Å²) in [5.74, 6) is 0.156. The van der Waals surface area contributed by atoms with Gasteiger partial charge in [-0.3, -0.25) is 0 Å². The minimum atomic E-state index is -1.19. The van der Waals surface area contributed by atoms with Crippen molar-refractivity contribution in [2.24, 2.45) is 0 Å². The van der Waals surface area contributed by atoms with Crippen LogP contribution in [-0.2, 0) is 14.3 Å². The third-order valence-corrected chi connectivity index (χ3v) is 5.40. The second kappa shape index (κ2) is 12.5. The molecule has 1 aromatic heterocycles. The molecule has 3 rings (SSSR count). The first-order chi connectivity index (χ1) is 17.4. The first kappa shape index (κ1) is 26.4. The van der Waals surface area contributed by atoms with Gasteiger partial charge in [-0.15, -0.1) is 10.2 Å². The first-order valence-electron chi connectivity index (χ1n) is 10.5. The molecule has 0 fully saturated rings. The third-order valence-electron chi connectivity index (χ3n) is 4.55. The molecule has 12 heteroatoms. The summed E-state index contributed by atoms with van der Waals surface area (Å²) in [4.78, 5) is 23.4. The highest BCUT2D eigenvalue weighted by Crippen LogP contribution is 2.34. The number of hydrogen-bond acceptors (Lipinski definition) is 11. The fourth-order valence-electron chi connectivity index (χ4n) is 2.91. The largest absolute Gasteiger partial charge is 0.497 e. The average molecular weight is 517 g/mol. The van der Waals surface area contributed by atoms with Crippen molar-refractivity contribution in [3.63, 3.8) is 0 Å². The van der Waals surface area contributed by atoms with Crippen molar-refractivity contribution >= 4 is 29.8 Å². The van der Waals surface area contributed by atoms with Crippen molar-refractivity contribution in [2.45, 2.75) is 12.1 Å². The molecule has 0 aliphatic rings. The van der Waals surface area contributed by atoms with Crippen molar-refractivity contribution in [3.05, 3.63) is 46.9 Å². The van der Waals surface area contributed by atoms with Crippen molar-refractivity contribution in [2.75, 3.05) is 34.5 Å². The zero-order chi connectivity index (χ0) is 26.1. The predicted molar refractivity (Wildman–Crippen MR) is 129 cm³/mol. The second-order valence-corrected chi connectivity index (χ2v) is 7.89. The molecule has 0 saturated heterocycles. The van der Waals surface area contributed by atoms with Gasteiger partial charge >= 0.3 is 11.9 Å². The van der Waals surface area contributed by atoms with E-state index < -0.39 is 11.9 Å². The maximum absolute atomic E-state index is 11.9. The van der Waals surface area contributed by atoms with Crippen LogP contribution in [0.2, 0.25) is 0 Å². The number of benzene rings is 2. The SMILES string of the molecule is CCOC(=O)COc1ccc(/C=C(\Sc2nnc(-c3cc(OC)cc(OC)c3)o2)C(=O)O)cc1OC. The number of methoxy groups -OCH3 is 3. The van der Waals surface area contributed by atoms with Gasteiger partial charge < -0.3 is 33.2 Å². The lowest BCUT2D eigenvalue weighted by molar-refractivity contribution is -0.145. The number of carboxylic acids is 1. The van der Waals surface area contributed by atoms with Crippen molar-refractivity contribution < 1.29 is 42.8 Å². The highest BCUT2D eigenvalue weighted by Gasteiger charge is 2.18. The third kappa shape index (κ3) is 6.92. The van der Waals surface area contributed by atoms with E-state index >= 15 is 0 Å². The summed E-state index contributed by atoms with van der Waals surface area (Å²) in [6.07, 6.45) is 1.42. The molecule has 0 aliphatic carbocycles. The second-order valence-electron chi connectivity index (χ2n) is 6.89. The summed E-state index contributed by atoms with van der Waals surface area (Å²) in [5, 5.41) is 17.7. The molecule has 1 N–H and O–H groups in total. The standard InChI is InChI=1S/C24H24N2O9S/c1-5-33-21(27)13-34-18-7-6-14(8-19(18)32-4)9-20(23(28)29)36-24-26-25-22(35-24)15-10-16(30-2)12-17(11-15)31-3/h6-12H,5,13H2,1-4H3,(H,28,29)/b20-9-. The van der Waals surface area contributed by atoms with Crippen molar-refractivity contribution in [3.8, 4) is 34.5 Å². The van der Waals surface area contributed by atoms with Gasteiger partial charge in [0.25, 0.3) is 5.22 Å². The molecular formula is C24H24N2O9S. The molecule has 0 spiro atoms. The van der Waals surface area contributed by atoms with E-state index in [9.17, 15) is 14.7 Å². The molecule has 0 aliphatic heterocycles. The molecule has 190 valence electrons. The summed E-state index contributed by atoms with van der Waals surface area (Å²) in [5.41, 5.74) is 1.06. The Balaban J connectivity index is 1.81. The van der Waals surface area contributed by atoms with E-state index in [0.29, 0.717) is 34.1 Å². The number of ether oxygens (including phenoxy) is 5. The van der Waals surface area contributed by atoms with E-state index in [2.05, 4.69) is 10.2 Å². The molecule has 3 aromatic rings. The van der Waals surface area contributed by atoms with Gasteiger partial charge in [0.2, 0.25) is 5.89 Å². The summed E-state index contributed by atoms with van der Waals surface area (Å²) < 4.78 is 31.7. The van der Waals surface area contributed by atoms with E-state index in [1.54, 1.807) is 43.3 Å². The van der Waals surface area contributed by atoms with E-state index in [4.69, 9.17) is 28.1 Å². The average Bonchev–Trinajstić information content (AvgIpc) is 3.35. The summed E-state index contributed by atoms with van der Waals surface area (Å²) in [6.45, 7) is 1.66. The van der Waals surface area contributed by atoms with E-state index in [0.717, 1.165) is 11.8 Å². The number of thioether (sulfide) groups is 1. The van der Waals surface area contributed by atoms with Crippen LogP contribution in [0.4, 0.5) is 0 Å². The number of carbonyl (C=O) groups is 2. The summed E-state index contributed by atoms with van der Waals surface area (Å²) >= 11 is 0.790. The van der Waals surface area contributed by atoms with Gasteiger partial charge in [-0.1, -0.05) is 6.07 Å². The molecule has 0 amide bonds. The Morgan fingerprint density at radius 3 is 2.33 bits per heavy atom. The molecule has 0 atom stereocenters. The number of carboxylic acid groups (broad SMARTS) is 1. The molecule has 0 bridgehead atoms. The fraction of sp³-hybridized carbons (Fsp3) is 0.250. The highest BCUT2D eigenvalue weighted by molar-refractivity contribution is 8.03. The number of nitrogens with zero attached hydrogens (tertiary/aromatic N) is 2. The normalized spacial score (nSPS) is 11.1. The van der Waals surface area contributed by atoms with Crippen LogP contribution >= 0.6 is 11.8 Å². The number of aliphatic carboxylic acids is 1. The van der Waals surface area contributed by atoms with E-state index in [1.165, 1.54) is 27.4 Å². The molecule has 0 saturated carbocycles. The molecule has 1 heterocycles. The topological polar surface area (TPSA) is 139 Å². The number of hydrogen-bond donors (Lipinski definition) is 1. The fourth-order valence-corrected chi connectivity index (χ4v) is 3.58. The maximum atomic E-state index is 11.9. The summed E-state index contributed by atoms with van der Waals surface area (Å²) in [7, 11) is 4.47. The maximum Gasteiger partial charge on any atom is 0.344 e. The Hall–Kier alpha value is -4.19. The lowest BCUT2D eigenvalue weighted by atomic mass is 10.2. The van der Waals surface area contributed by atoms with Crippen LogP contribution in [-0.4, -0.2) is 61.8 Å². The van der Waals surface area contributed by atoms with E-state index in [1.807, 2.05) is 0 Å². The predicted octanol–water partition coefficient (Wildman–Crippen LogP) is 3.92. The molecule has 2 aromatic carbocycles.